The van der Waals surface area contributed by atoms with Crippen LogP contribution in [0.2, 0.25) is 0 Å². The number of halogens is 2. The summed E-state index contributed by atoms with van der Waals surface area (Å²) in [7, 11) is 0. The van der Waals surface area contributed by atoms with Crippen LogP contribution in [0.1, 0.15) is 0 Å². The quantitative estimate of drug-likeness (QED) is 0.766. The molecule has 0 aliphatic carbocycles. The van der Waals surface area contributed by atoms with Crippen molar-refractivity contribution in [3.63, 3.8) is 0 Å². The monoisotopic (exact) mass is 332 g/mol. The summed E-state index contributed by atoms with van der Waals surface area (Å²) < 4.78 is 31.8. The zero-order valence-corrected chi connectivity index (χ0v) is 12.6. The van der Waals surface area contributed by atoms with Crippen molar-refractivity contribution in [2.45, 2.75) is 0 Å². The van der Waals surface area contributed by atoms with Crippen molar-refractivity contribution < 1.29 is 13.5 Å². The molecule has 1 aliphatic rings. The third-order valence-electron chi connectivity index (χ3n) is 3.75. The lowest BCUT2D eigenvalue weighted by Gasteiger charge is -2.28. The minimum atomic E-state index is -0.936. The largest absolute Gasteiger partial charge is 0.378 e. The van der Waals surface area contributed by atoms with E-state index in [1.165, 1.54) is 6.07 Å². The van der Waals surface area contributed by atoms with Gasteiger partial charge in [0.2, 0.25) is 5.95 Å². The summed E-state index contributed by atoms with van der Waals surface area (Å²) in [5.74, 6) is -0.875. The minimum Gasteiger partial charge on any atom is -0.378 e. The van der Waals surface area contributed by atoms with Gasteiger partial charge in [0.25, 0.3) is 0 Å². The first-order valence-corrected chi connectivity index (χ1v) is 7.46. The van der Waals surface area contributed by atoms with Gasteiger partial charge in [-0.1, -0.05) is 0 Å². The van der Waals surface area contributed by atoms with E-state index in [2.05, 4.69) is 30.2 Å². The van der Waals surface area contributed by atoms with Gasteiger partial charge >= 0.3 is 0 Å². The number of nitrogens with one attached hydrogen (secondary N) is 2. The van der Waals surface area contributed by atoms with Gasteiger partial charge in [0.05, 0.1) is 19.5 Å². The lowest BCUT2D eigenvalue weighted by atomic mass is 10.3. The van der Waals surface area contributed by atoms with Crippen LogP contribution >= 0.6 is 0 Å². The number of morpholine rings is 1. The number of anilines is 3. The molecule has 3 heterocycles. The average molecular weight is 332 g/mol. The molecular weight excluding hydrogens is 318 g/mol. The molecule has 0 bridgehead atoms. The summed E-state index contributed by atoms with van der Waals surface area (Å²) in [5, 5.41) is 2.89. The zero-order chi connectivity index (χ0) is 16.5. The molecule has 1 fully saturated rings. The van der Waals surface area contributed by atoms with Crippen molar-refractivity contribution in [1.82, 2.24) is 19.9 Å². The molecule has 4 rings (SSSR count). The average Bonchev–Trinajstić information content (AvgIpc) is 3.07. The third-order valence-corrected chi connectivity index (χ3v) is 3.75. The lowest BCUT2D eigenvalue weighted by molar-refractivity contribution is 0.122. The molecule has 3 aromatic rings. The van der Waals surface area contributed by atoms with Crippen molar-refractivity contribution in [3.05, 3.63) is 36.2 Å². The normalized spacial score (nSPS) is 15.0. The van der Waals surface area contributed by atoms with Crippen LogP contribution in [0.25, 0.3) is 11.2 Å². The fourth-order valence-corrected chi connectivity index (χ4v) is 2.58. The molecular formula is C15H14F2N6O. The summed E-state index contributed by atoms with van der Waals surface area (Å²) >= 11 is 0. The first-order chi connectivity index (χ1) is 11.7. The molecule has 0 spiro atoms. The smallest absolute Gasteiger partial charge is 0.231 e. The first kappa shape index (κ1) is 14.8. The van der Waals surface area contributed by atoms with Crippen molar-refractivity contribution in [2.24, 2.45) is 0 Å². The highest BCUT2D eigenvalue weighted by Gasteiger charge is 2.19. The van der Waals surface area contributed by atoms with E-state index in [1.807, 2.05) is 0 Å². The van der Waals surface area contributed by atoms with Crippen LogP contribution < -0.4 is 10.2 Å². The number of hydrogen-bond donors (Lipinski definition) is 2. The standard InChI is InChI=1S/C15H14F2N6O/c16-10-2-1-9(7-11(10)17)20-15-21-13-12(18-8-19-13)14(22-15)23-3-5-24-6-4-23/h1-2,7-8H,3-6H2,(H2,18,19,20,21,22). The summed E-state index contributed by atoms with van der Waals surface area (Å²) in [4.78, 5) is 18.1. The van der Waals surface area contributed by atoms with Crippen LogP contribution in [0.4, 0.5) is 26.2 Å². The van der Waals surface area contributed by atoms with Gasteiger partial charge < -0.3 is 19.9 Å². The van der Waals surface area contributed by atoms with Gasteiger partial charge in [0, 0.05) is 24.8 Å². The van der Waals surface area contributed by atoms with Crippen LogP contribution in [-0.2, 0) is 4.74 Å². The number of benzene rings is 1. The van der Waals surface area contributed by atoms with E-state index in [4.69, 9.17) is 4.74 Å². The Balaban J connectivity index is 1.71. The highest BCUT2D eigenvalue weighted by atomic mass is 19.2. The second-order valence-electron chi connectivity index (χ2n) is 5.33. The van der Waals surface area contributed by atoms with Crippen molar-refractivity contribution in [3.8, 4) is 0 Å². The van der Waals surface area contributed by atoms with Gasteiger partial charge in [-0.3, -0.25) is 0 Å². The predicted octanol–water partition coefficient (Wildman–Crippen LogP) is 2.21. The minimum absolute atomic E-state index is 0.266. The number of fused-ring (bicyclic) bond motifs is 1. The number of aromatic nitrogens is 4. The van der Waals surface area contributed by atoms with Gasteiger partial charge in [0.1, 0.15) is 5.52 Å². The van der Waals surface area contributed by atoms with Crippen LogP contribution in [-0.4, -0.2) is 46.2 Å². The highest BCUT2D eigenvalue weighted by Crippen LogP contribution is 2.25. The molecule has 124 valence electrons. The van der Waals surface area contributed by atoms with E-state index < -0.39 is 11.6 Å². The molecule has 0 atom stereocenters. The zero-order valence-electron chi connectivity index (χ0n) is 12.6. The number of aromatic amines is 1. The summed E-state index contributed by atoms with van der Waals surface area (Å²) in [6.07, 6.45) is 1.55. The van der Waals surface area contributed by atoms with E-state index in [0.29, 0.717) is 43.5 Å². The van der Waals surface area contributed by atoms with Gasteiger partial charge in [0.15, 0.2) is 23.1 Å². The Bertz CT molecular complexity index is 878. The van der Waals surface area contributed by atoms with Gasteiger partial charge in [-0.15, -0.1) is 0 Å². The number of rotatable bonds is 3. The van der Waals surface area contributed by atoms with E-state index in [9.17, 15) is 8.78 Å². The predicted molar refractivity (Wildman–Crippen MR) is 84.4 cm³/mol. The van der Waals surface area contributed by atoms with Crippen LogP contribution in [0.5, 0.6) is 0 Å². The Kier molecular flexibility index (Phi) is 3.69. The second kappa shape index (κ2) is 6.00. The van der Waals surface area contributed by atoms with E-state index in [0.717, 1.165) is 17.6 Å². The van der Waals surface area contributed by atoms with Gasteiger partial charge in [-0.25, -0.2) is 13.8 Å². The fraction of sp³-hybridized carbons (Fsp3) is 0.267. The van der Waals surface area contributed by atoms with Crippen molar-refractivity contribution >= 4 is 28.6 Å². The Morgan fingerprint density at radius 1 is 1.12 bits per heavy atom. The van der Waals surface area contributed by atoms with Crippen molar-refractivity contribution in [2.75, 3.05) is 36.5 Å². The first-order valence-electron chi connectivity index (χ1n) is 7.46. The molecule has 0 radical (unpaired) electrons. The SMILES string of the molecule is Fc1ccc(Nc2nc(N3CCOCC3)c3[nH]cnc3n2)cc1F. The maximum Gasteiger partial charge on any atom is 0.231 e. The number of ether oxygens (including phenoxy) is 1. The lowest BCUT2D eigenvalue weighted by Crippen LogP contribution is -2.37. The molecule has 1 saturated heterocycles. The van der Waals surface area contributed by atoms with Gasteiger partial charge in [-0.2, -0.15) is 9.97 Å². The van der Waals surface area contributed by atoms with Crippen molar-refractivity contribution in [1.29, 1.82) is 0 Å². The Labute approximate surface area is 135 Å². The molecule has 1 aromatic carbocycles. The molecule has 2 aromatic heterocycles. The molecule has 9 heteroatoms. The van der Waals surface area contributed by atoms with E-state index >= 15 is 0 Å². The summed E-state index contributed by atoms with van der Waals surface area (Å²) in [6.45, 7) is 2.64. The third kappa shape index (κ3) is 2.73. The molecule has 1 aliphatic heterocycles. The Morgan fingerprint density at radius 3 is 2.75 bits per heavy atom. The number of H-pyrrole nitrogens is 1. The second-order valence-corrected chi connectivity index (χ2v) is 5.33. The van der Waals surface area contributed by atoms with Crippen LogP contribution in [0, 0.1) is 11.6 Å². The maximum absolute atomic E-state index is 13.4. The topological polar surface area (TPSA) is 79.0 Å². The van der Waals surface area contributed by atoms with Gasteiger partial charge in [-0.05, 0) is 12.1 Å². The Morgan fingerprint density at radius 2 is 1.96 bits per heavy atom. The molecule has 24 heavy (non-hydrogen) atoms. The maximum atomic E-state index is 13.4. The number of nitrogens with zero attached hydrogens (tertiary/aromatic N) is 4. The van der Waals surface area contributed by atoms with E-state index in [-0.39, 0.29) is 5.95 Å². The van der Waals surface area contributed by atoms with Crippen LogP contribution in [0.3, 0.4) is 0 Å². The molecule has 7 nitrogen and oxygen atoms in total. The molecule has 0 saturated carbocycles. The number of imidazole rings is 1. The fourth-order valence-electron chi connectivity index (χ4n) is 2.58. The Hall–Kier alpha value is -2.81. The molecule has 0 amide bonds. The molecule has 0 unspecified atom stereocenters. The summed E-state index contributed by atoms with van der Waals surface area (Å²) in [5.41, 5.74) is 1.58. The highest BCUT2D eigenvalue weighted by molar-refractivity contribution is 5.84. The number of hydrogen-bond acceptors (Lipinski definition) is 6. The van der Waals surface area contributed by atoms with E-state index in [1.54, 1.807) is 6.33 Å². The van der Waals surface area contributed by atoms with Crippen LogP contribution in [0.15, 0.2) is 24.5 Å². The molecule has 2 N–H and O–H groups in total. The summed E-state index contributed by atoms with van der Waals surface area (Å²) in [6, 6.07) is 3.53.